The van der Waals surface area contributed by atoms with E-state index in [-0.39, 0.29) is 17.0 Å². The Bertz CT molecular complexity index is 1910. The van der Waals surface area contributed by atoms with Crippen LogP contribution in [0.15, 0.2) is 72.8 Å². The highest BCUT2D eigenvalue weighted by molar-refractivity contribution is 7.21. The summed E-state index contributed by atoms with van der Waals surface area (Å²) >= 11 is 1.14. The maximum Gasteiger partial charge on any atom is 0.573 e. The molecule has 0 atom stereocenters. The van der Waals surface area contributed by atoms with E-state index >= 15 is 4.39 Å². The molecule has 0 saturated heterocycles. The molecule has 2 heterocycles. The van der Waals surface area contributed by atoms with Crippen LogP contribution in [0.5, 0.6) is 11.5 Å². The zero-order chi connectivity index (χ0) is 31.4. The maximum atomic E-state index is 15.6. The fourth-order valence-electron chi connectivity index (χ4n) is 5.37. The number of carbonyl (C=O) groups is 1. The lowest BCUT2D eigenvalue weighted by Crippen LogP contribution is -2.27. The summed E-state index contributed by atoms with van der Waals surface area (Å²) in [6.45, 7) is 4.10. The number of nitrogens with zero attached hydrogens (tertiary/aromatic N) is 2. The Balaban J connectivity index is 1.33. The summed E-state index contributed by atoms with van der Waals surface area (Å²) in [4.78, 5) is 19.2. The van der Waals surface area contributed by atoms with Gasteiger partial charge in [0.1, 0.15) is 28.1 Å². The average molecular weight is 627 g/mol. The van der Waals surface area contributed by atoms with E-state index in [2.05, 4.69) is 20.4 Å². The van der Waals surface area contributed by atoms with Crippen molar-refractivity contribution in [3.63, 3.8) is 0 Å². The van der Waals surface area contributed by atoms with Gasteiger partial charge in [-0.05, 0) is 54.6 Å². The molecule has 6 rings (SSSR count). The first-order chi connectivity index (χ1) is 20.8. The van der Waals surface area contributed by atoms with E-state index in [1.54, 1.807) is 29.2 Å². The number of phenols is 1. The first kappa shape index (κ1) is 29.2. The van der Waals surface area contributed by atoms with Crippen LogP contribution in [0.4, 0.5) is 49.5 Å². The van der Waals surface area contributed by atoms with Crippen LogP contribution in [0.1, 0.15) is 19.4 Å². The van der Waals surface area contributed by atoms with Crippen molar-refractivity contribution in [1.29, 1.82) is 0 Å². The van der Waals surface area contributed by atoms with Gasteiger partial charge in [0.15, 0.2) is 0 Å². The molecule has 1 aliphatic rings. The standard InChI is InChI=1S/C31H23F5N4O3S/c1-30(2)15-40(27-23(41)14-19(33)25(26(27)30)28-38-21-12-7-16(32)13-24(21)44-28)22-6-4-3-5-20(22)39-29(42)37-17-8-10-18(11-9-17)43-31(34,35)36/h3-14,41H,15H2,1-2H3,(H2,37,39,42). The van der Waals surface area contributed by atoms with Crippen molar-refractivity contribution in [3.8, 4) is 22.1 Å². The molecule has 3 N–H and O–H groups in total. The van der Waals surface area contributed by atoms with Gasteiger partial charge >= 0.3 is 12.4 Å². The van der Waals surface area contributed by atoms with Gasteiger partial charge in [-0.1, -0.05) is 26.0 Å². The second-order valence-electron chi connectivity index (χ2n) is 10.7. The molecule has 5 aromatic rings. The Kier molecular flexibility index (Phi) is 7.07. The van der Waals surface area contributed by atoms with E-state index < -0.39 is 35.2 Å². The van der Waals surface area contributed by atoms with Crippen molar-refractivity contribution in [3.05, 3.63) is 90.0 Å². The summed E-state index contributed by atoms with van der Waals surface area (Å²) in [5.74, 6) is -1.85. The number of halogens is 5. The highest BCUT2D eigenvalue weighted by Crippen LogP contribution is 2.55. The third-order valence-corrected chi connectivity index (χ3v) is 8.12. The molecule has 0 bridgehead atoms. The van der Waals surface area contributed by atoms with Crippen LogP contribution < -0.4 is 20.3 Å². The lowest BCUT2D eigenvalue weighted by Gasteiger charge is -2.25. The van der Waals surface area contributed by atoms with Crippen LogP contribution in [-0.2, 0) is 5.41 Å². The molecule has 0 aliphatic carbocycles. The molecule has 1 aliphatic heterocycles. The van der Waals surface area contributed by atoms with Gasteiger partial charge in [-0.3, -0.25) is 0 Å². The van der Waals surface area contributed by atoms with E-state index in [0.717, 1.165) is 29.5 Å². The number of aromatic hydroxyl groups is 1. The van der Waals surface area contributed by atoms with Gasteiger partial charge in [-0.15, -0.1) is 24.5 Å². The zero-order valence-corrected chi connectivity index (χ0v) is 23.9. The summed E-state index contributed by atoms with van der Waals surface area (Å²) in [6, 6.07) is 16.0. The fraction of sp³-hybridized carbons (Fsp3) is 0.161. The zero-order valence-electron chi connectivity index (χ0n) is 23.1. The van der Waals surface area contributed by atoms with Crippen molar-refractivity contribution < 1.29 is 36.6 Å². The molecule has 7 nitrogen and oxygen atoms in total. The van der Waals surface area contributed by atoms with Crippen LogP contribution in [0.25, 0.3) is 20.8 Å². The molecule has 0 radical (unpaired) electrons. The summed E-state index contributed by atoms with van der Waals surface area (Å²) < 4.78 is 71.3. The quantitative estimate of drug-likeness (QED) is 0.170. The molecule has 0 fully saturated rings. The topological polar surface area (TPSA) is 86.7 Å². The van der Waals surface area contributed by atoms with Gasteiger partial charge in [0.05, 0.1) is 32.8 Å². The molecule has 1 aromatic heterocycles. The first-order valence-electron chi connectivity index (χ1n) is 13.2. The number of carbonyl (C=O) groups excluding carboxylic acids is 1. The number of ether oxygens (including phenoxy) is 1. The Morgan fingerprint density at radius 3 is 2.48 bits per heavy atom. The minimum Gasteiger partial charge on any atom is -0.506 e. The number of thiazole rings is 1. The van der Waals surface area contributed by atoms with Crippen LogP contribution >= 0.6 is 11.3 Å². The predicted octanol–water partition coefficient (Wildman–Crippen LogP) is 8.92. The van der Waals surface area contributed by atoms with Crippen molar-refractivity contribution in [2.24, 2.45) is 0 Å². The van der Waals surface area contributed by atoms with Gasteiger partial charge in [-0.2, -0.15) is 0 Å². The number of fused-ring (bicyclic) bond motifs is 2. The number of hydrogen-bond donors (Lipinski definition) is 3. The number of hydrogen-bond acceptors (Lipinski definition) is 6. The molecule has 13 heteroatoms. The van der Waals surface area contributed by atoms with E-state index in [1.807, 2.05) is 13.8 Å². The molecule has 0 saturated carbocycles. The number of amides is 2. The SMILES string of the molecule is CC1(C)CN(c2ccccc2NC(=O)Nc2ccc(OC(F)(F)F)cc2)c2c(O)cc(F)c(-c3nc4ccc(F)cc4s3)c21. The molecule has 44 heavy (non-hydrogen) atoms. The van der Waals surface area contributed by atoms with Crippen LogP contribution in [0, 0.1) is 11.6 Å². The summed E-state index contributed by atoms with van der Waals surface area (Å²) in [5, 5.41) is 16.7. The second kappa shape index (κ2) is 10.7. The van der Waals surface area contributed by atoms with E-state index in [9.17, 15) is 27.5 Å². The van der Waals surface area contributed by atoms with Gasteiger partial charge in [0.2, 0.25) is 0 Å². The third-order valence-electron chi connectivity index (χ3n) is 7.08. The lowest BCUT2D eigenvalue weighted by molar-refractivity contribution is -0.274. The predicted molar refractivity (Wildman–Crippen MR) is 159 cm³/mol. The summed E-state index contributed by atoms with van der Waals surface area (Å²) in [6.07, 6.45) is -4.84. The first-order valence-corrected chi connectivity index (χ1v) is 14.0. The van der Waals surface area contributed by atoms with Gasteiger partial charge in [0, 0.05) is 29.3 Å². The number of urea groups is 1. The Morgan fingerprint density at radius 2 is 1.75 bits per heavy atom. The molecule has 226 valence electrons. The Hall–Kier alpha value is -4.91. The highest BCUT2D eigenvalue weighted by atomic mass is 32.1. The van der Waals surface area contributed by atoms with Gasteiger partial charge < -0.3 is 25.4 Å². The Labute approximate surface area is 251 Å². The van der Waals surface area contributed by atoms with Crippen LogP contribution in [0.3, 0.4) is 0 Å². The molecule has 0 unspecified atom stereocenters. The minimum atomic E-state index is -4.84. The van der Waals surface area contributed by atoms with Crippen molar-refractivity contribution >= 4 is 50.3 Å². The highest BCUT2D eigenvalue weighted by Gasteiger charge is 2.42. The molecule has 4 aromatic carbocycles. The number of benzene rings is 4. The normalized spacial score (nSPS) is 14.0. The molecular formula is C31H23F5N4O3S. The van der Waals surface area contributed by atoms with Crippen molar-refractivity contribution in [2.45, 2.75) is 25.6 Å². The van der Waals surface area contributed by atoms with Gasteiger partial charge in [-0.25, -0.2) is 18.6 Å². The number of rotatable bonds is 5. The lowest BCUT2D eigenvalue weighted by atomic mass is 9.83. The van der Waals surface area contributed by atoms with Crippen molar-refractivity contribution in [1.82, 2.24) is 4.98 Å². The number of alkyl halides is 3. The number of anilines is 4. The van der Waals surface area contributed by atoms with Crippen LogP contribution in [0.2, 0.25) is 0 Å². The smallest absolute Gasteiger partial charge is 0.506 e. The molecular weight excluding hydrogens is 603 g/mol. The van der Waals surface area contributed by atoms with Crippen LogP contribution in [-0.4, -0.2) is 29.0 Å². The fourth-order valence-corrected chi connectivity index (χ4v) is 6.42. The average Bonchev–Trinajstić information content (AvgIpc) is 3.47. The number of phenolic OH excluding ortho intramolecular Hbond substituents is 1. The number of nitrogens with one attached hydrogen (secondary N) is 2. The van der Waals surface area contributed by atoms with E-state index in [4.69, 9.17) is 0 Å². The second-order valence-corrected chi connectivity index (χ2v) is 11.8. The molecule has 2 amide bonds. The van der Waals surface area contributed by atoms with Gasteiger partial charge in [0.25, 0.3) is 0 Å². The molecule has 0 spiro atoms. The van der Waals surface area contributed by atoms with E-state index in [1.165, 1.54) is 30.3 Å². The minimum absolute atomic E-state index is 0.202. The third kappa shape index (κ3) is 5.57. The Morgan fingerprint density at radius 1 is 1.02 bits per heavy atom. The van der Waals surface area contributed by atoms with Crippen molar-refractivity contribution in [2.75, 3.05) is 22.1 Å². The monoisotopic (exact) mass is 626 g/mol. The largest absolute Gasteiger partial charge is 0.573 e. The number of aromatic nitrogens is 1. The number of para-hydroxylation sites is 2. The van der Waals surface area contributed by atoms with E-state index in [0.29, 0.717) is 44.4 Å². The maximum absolute atomic E-state index is 15.6. The summed E-state index contributed by atoms with van der Waals surface area (Å²) in [5.41, 5.74) is 1.94. The summed E-state index contributed by atoms with van der Waals surface area (Å²) in [7, 11) is 0.